The summed E-state index contributed by atoms with van der Waals surface area (Å²) in [5, 5.41) is 30.2. The highest BCUT2D eigenvalue weighted by Gasteiger charge is 2.43. The minimum absolute atomic E-state index is 0.238. The molecule has 3 aromatic carbocycles. The second-order valence-electron chi connectivity index (χ2n) is 9.80. The van der Waals surface area contributed by atoms with Crippen LogP contribution < -0.4 is 9.64 Å². The first-order chi connectivity index (χ1) is 18.3. The van der Waals surface area contributed by atoms with Crippen LogP contribution in [0.3, 0.4) is 0 Å². The number of carbonyl (C=O) groups excluding carboxylic acids is 1. The molecule has 1 unspecified atom stereocenters. The lowest BCUT2D eigenvalue weighted by Crippen LogP contribution is -2.52. The molecular weight excluding hydrogens is 513 g/mol. The summed E-state index contributed by atoms with van der Waals surface area (Å²) >= 11 is 6.43. The van der Waals surface area contributed by atoms with Crippen LogP contribution >= 0.6 is 11.6 Å². The van der Waals surface area contributed by atoms with E-state index in [1.807, 2.05) is 24.3 Å². The number of rotatable bonds is 8. The normalized spacial score (nSPS) is 23.8. The summed E-state index contributed by atoms with van der Waals surface area (Å²) in [6.07, 6.45) is -4.73. The number of ether oxygens (including phenoxy) is 2. The molecule has 2 heterocycles. The smallest absolute Gasteiger partial charge is 0.195 e. The highest BCUT2D eigenvalue weighted by molar-refractivity contribution is 6.31. The molecule has 7 nitrogen and oxygen atoms in total. The Morgan fingerprint density at radius 1 is 1.00 bits per heavy atom. The first-order valence-corrected chi connectivity index (χ1v) is 12.9. The van der Waals surface area contributed by atoms with E-state index in [2.05, 4.69) is 4.90 Å². The number of hydrogen-bond donors (Lipinski definition) is 3. The van der Waals surface area contributed by atoms with E-state index in [-0.39, 0.29) is 5.82 Å². The van der Waals surface area contributed by atoms with Crippen LogP contribution in [0.1, 0.15) is 22.8 Å². The Labute approximate surface area is 225 Å². The molecule has 0 radical (unpaired) electrons. The number of anilines is 1. The largest absolute Gasteiger partial charge is 0.493 e. The van der Waals surface area contributed by atoms with E-state index in [9.17, 15) is 24.5 Å². The summed E-state index contributed by atoms with van der Waals surface area (Å²) in [5.74, 6) is 0.146. The zero-order valence-electron chi connectivity index (χ0n) is 20.5. The molecule has 0 aromatic heterocycles. The maximum Gasteiger partial charge on any atom is 0.195 e. The number of Topliss-reactive ketones (excluding diaryl/α,β-unsaturated/α-hetero) is 1. The zero-order chi connectivity index (χ0) is 26.8. The standard InChI is InChI=1S/C29H29ClFNO6/c30-24-10-3-19(29-28(36)27(35)26(34)25(15-33)38-29)12-20(24)11-17-1-8-23(9-2-17)37-16-18-13-32(14-18)22-6-4-21(31)5-7-22/h1-10,12,18,25-26,28-29,33-34,36H,11,13-16H2/t25?,26-,28-,29+/m1/s1. The van der Waals surface area contributed by atoms with Crippen LogP contribution in [0, 0.1) is 11.7 Å². The molecule has 5 rings (SSSR count). The van der Waals surface area contributed by atoms with Crippen LogP contribution in [0.25, 0.3) is 0 Å². The molecule has 0 saturated carbocycles. The average molecular weight is 542 g/mol. The second kappa shape index (κ2) is 11.4. The number of hydrogen-bond acceptors (Lipinski definition) is 7. The molecule has 38 heavy (non-hydrogen) atoms. The minimum Gasteiger partial charge on any atom is -0.493 e. The van der Waals surface area contributed by atoms with Gasteiger partial charge in [0.15, 0.2) is 5.78 Å². The van der Waals surface area contributed by atoms with Crippen molar-refractivity contribution >= 4 is 23.1 Å². The Morgan fingerprint density at radius 2 is 1.71 bits per heavy atom. The number of aliphatic hydroxyl groups excluding tert-OH is 3. The van der Waals surface area contributed by atoms with E-state index in [0.717, 1.165) is 35.7 Å². The van der Waals surface area contributed by atoms with Crippen molar-refractivity contribution in [3.63, 3.8) is 0 Å². The first-order valence-electron chi connectivity index (χ1n) is 12.5. The van der Waals surface area contributed by atoms with Gasteiger partial charge in [0.2, 0.25) is 0 Å². The molecule has 4 atom stereocenters. The van der Waals surface area contributed by atoms with E-state index in [0.29, 0.717) is 29.5 Å². The molecule has 0 aliphatic carbocycles. The van der Waals surface area contributed by atoms with E-state index in [1.165, 1.54) is 12.1 Å². The summed E-state index contributed by atoms with van der Waals surface area (Å²) < 4.78 is 24.7. The van der Waals surface area contributed by atoms with E-state index >= 15 is 0 Å². The maximum atomic E-state index is 13.1. The molecule has 2 aliphatic heterocycles. The van der Waals surface area contributed by atoms with Gasteiger partial charge in [0, 0.05) is 29.7 Å². The Kier molecular flexibility index (Phi) is 7.97. The topological polar surface area (TPSA) is 99.5 Å². The van der Waals surface area contributed by atoms with Gasteiger partial charge < -0.3 is 29.7 Å². The molecule has 3 aromatic rings. The lowest BCUT2D eigenvalue weighted by Gasteiger charge is -2.40. The Balaban J connectivity index is 1.17. The zero-order valence-corrected chi connectivity index (χ0v) is 21.3. The third-order valence-electron chi connectivity index (χ3n) is 7.07. The fourth-order valence-electron chi connectivity index (χ4n) is 4.83. The van der Waals surface area contributed by atoms with Gasteiger partial charge in [0.25, 0.3) is 0 Å². The van der Waals surface area contributed by atoms with Crippen LogP contribution in [0.2, 0.25) is 5.02 Å². The van der Waals surface area contributed by atoms with E-state index < -0.39 is 36.8 Å². The molecule has 2 aliphatic rings. The molecule has 3 N–H and O–H groups in total. The van der Waals surface area contributed by atoms with Gasteiger partial charge >= 0.3 is 0 Å². The second-order valence-corrected chi connectivity index (χ2v) is 10.2. The molecule has 200 valence electrons. The van der Waals surface area contributed by atoms with Gasteiger partial charge in [-0.3, -0.25) is 4.79 Å². The third kappa shape index (κ3) is 5.70. The average Bonchev–Trinajstić information content (AvgIpc) is 2.90. The molecule has 2 saturated heterocycles. The fraction of sp³-hybridized carbons (Fsp3) is 0.345. The van der Waals surface area contributed by atoms with Crippen LogP contribution in [-0.2, 0) is 16.0 Å². The molecular formula is C29H29ClFNO6. The summed E-state index contributed by atoms with van der Waals surface area (Å²) in [7, 11) is 0. The van der Waals surface area contributed by atoms with Crippen molar-refractivity contribution in [2.75, 3.05) is 31.2 Å². The van der Waals surface area contributed by atoms with Gasteiger partial charge in [0.1, 0.15) is 36.0 Å². The number of aliphatic hydroxyl groups is 3. The van der Waals surface area contributed by atoms with Crippen LogP contribution in [0.5, 0.6) is 5.75 Å². The van der Waals surface area contributed by atoms with Gasteiger partial charge in [-0.05, 0) is 65.6 Å². The van der Waals surface area contributed by atoms with Crippen molar-refractivity contribution in [2.24, 2.45) is 5.92 Å². The van der Waals surface area contributed by atoms with Crippen molar-refractivity contribution in [1.82, 2.24) is 0 Å². The number of nitrogens with zero attached hydrogens (tertiary/aromatic N) is 1. The van der Waals surface area contributed by atoms with Crippen molar-refractivity contribution in [3.8, 4) is 5.75 Å². The van der Waals surface area contributed by atoms with Gasteiger partial charge in [-0.25, -0.2) is 4.39 Å². The summed E-state index contributed by atoms with van der Waals surface area (Å²) in [4.78, 5) is 14.4. The van der Waals surface area contributed by atoms with Gasteiger partial charge in [-0.2, -0.15) is 0 Å². The Hall–Kier alpha value is -3.01. The number of carbonyl (C=O) groups is 1. The highest BCUT2D eigenvalue weighted by Crippen LogP contribution is 2.33. The Bertz CT molecular complexity index is 1270. The fourth-order valence-corrected chi connectivity index (χ4v) is 5.02. The first kappa shape index (κ1) is 26.6. The van der Waals surface area contributed by atoms with Gasteiger partial charge in [-0.15, -0.1) is 0 Å². The van der Waals surface area contributed by atoms with Crippen LogP contribution in [0.15, 0.2) is 66.7 Å². The molecule has 0 amide bonds. The number of halogens is 2. The summed E-state index contributed by atoms with van der Waals surface area (Å²) in [6.45, 7) is 1.78. The SMILES string of the molecule is O=C1[C@@H](O)[C@H](c2ccc(Cl)c(Cc3ccc(OCC4CN(c5ccc(F)cc5)C4)cc3)c2)OC(CO)[C@H]1O. The lowest BCUT2D eigenvalue weighted by atomic mass is 9.91. The molecule has 0 bridgehead atoms. The molecule has 2 fully saturated rings. The number of ketones is 1. The van der Waals surface area contributed by atoms with Gasteiger partial charge in [-0.1, -0.05) is 35.9 Å². The van der Waals surface area contributed by atoms with E-state index in [1.54, 1.807) is 30.3 Å². The molecule has 0 spiro atoms. The predicted molar refractivity (Wildman–Crippen MR) is 140 cm³/mol. The third-order valence-corrected chi connectivity index (χ3v) is 7.44. The quantitative estimate of drug-likeness (QED) is 0.402. The minimum atomic E-state index is -1.57. The predicted octanol–water partition coefficient (Wildman–Crippen LogP) is 3.31. The van der Waals surface area contributed by atoms with Gasteiger partial charge in [0.05, 0.1) is 13.2 Å². The van der Waals surface area contributed by atoms with Crippen molar-refractivity contribution in [2.45, 2.75) is 30.8 Å². The monoisotopic (exact) mass is 541 g/mol. The van der Waals surface area contributed by atoms with Crippen molar-refractivity contribution in [1.29, 1.82) is 0 Å². The Morgan fingerprint density at radius 3 is 2.39 bits per heavy atom. The van der Waals surface area contributed by atoms with Crippen molar-refractivity contribution in [3.05, 3.63) is 94.3 Å². The van der Waals surface area contributed by atoms with Crippen molar-refractivity contribution < 1.29 is 34.0 Å². The molecule has 9 heteroatoms. The summed E-state index contributed by atoms with van der Waals surface area (Å²) in [5.41, 5.74) is 3.32. The van der Waals surface area contributed by atoms with Crippen LogP contribution in [0.4, 0.5) is 10.1 Å². The highest BCUT2D eigenvalue weighted by atomic mass is 35.5. The maximum absolute atomic E-state index is 13.1. The summed E-state index contributed by atoms with van der Waals surface area (Å²) in [6, 6.07) is 19.3. The number of benzene rings is 3. The lowest BCUT2D eigenvalue weighted by molar-refractivity contribution is -0.189. The van der Waals surface area contributed by atoms with E-state index in [4.69, 9.17) is 21.1 Å². The van der Waals surface area contributed by atoms with Crippen LogP contribution in [-0.4, -0.2) is 65.7 Å².